The van der Waals surface area contributed by atoms with Crippen molar-refractivity contribution in [3.05, 3.63) is 35.9 Å². The van der Waals surface area contributed by atoms with E-state index in [0.29, 0.717) is 19.3 Å². The van der Waals surface area contributed by atoms with Gasteiger partial charge in [-0.05, 0) is 18.9 Å². The van der Waals surface area contributed by atoms with Gasteiger partial charge in [0.2, 0.25) is 0 Å². The largest absolute Gasteiger partial charge is 0.299 e. The Morgan fingerprint density at radius 2 is 1.60 bits per heavy atom. The van der Waals surface area contributed by atoms with E-state index in [-0.39, 0.29) is 11.6 Å². The van der Waals surface area contributed by atoms with Gasteiger partial charge >= 0.3 is 0 Å². The highest BCUT2D eigenvalue weighted by atomic mass is 16.2. The third-order valence-electron chi connectivity index (χ3n) is 3.21. The lowest BCUT2D eigenvalue weighted by molar-refractivity contribution is -0.133. The van der Waals surface area contributed by atoms with E-state index in [1.807, 2.05) is 30.3 Å². The first-order chi connectivity index (χ1) is 7.13. The molecule has 1 aliphatic carbocycles. The summed E-state index contributed by atoms with van der Waals surface area (Å²) in [5.74, 6) is 0.188. The first-order valence-electron chi connectivity index (χ1n) is 5.23. The lowest BCUT2D eigenvalue weighted by atomic mass is 9.80. The molecule has 1 aromatic rings. The molecule has 1 saturated carbocycles. The minimum Gasteiger partial charge on any atom is -0.299 e. The van der Waals surface area contributed by atoms with E-state index in [0.717, 1.165) is 5.56 Å². The Morgan fingerprint density at radius 3 is 2.13 bits per heavy atom. The Balaban J connectivity index is 2.24. The number of hydrogen-bond donors (Lipinski definition) is 0. The van der Waals surface area contributed by atoms with Crippen LogP contribution in [0.25, 0.3) is 0 Å². The Hall–Kier alpha value is -1.44. The SMILES string of the molecule is CC1(Cc2ccccc2)C(=O)CCC1=O. The molecule has 0 aromatic heterocycles. The van der Waals surface area contributed by atoms with Crippen molar-refractivity contribution in [2.75, 3.05) is 0 Å². The molecule has 0 radical (unpaired) electrons. The summed E-state index contributed by atoms with van der Waals surface area (Å²) in [6.45, 7) is 1.78. The number of Topliss-reactive ketones (excluding diaryl/α,β-unsaturated/α-hetero) is 2. The zero-order valence-electron chi connectivity index (χ0n) is 8.82. The van der Waals surface area contributed by atoms with Gasteiger partial charge in [0, 0.05) is 12.8 Å². The average Bonchev–Trinajstić information content (AvgIpc) is 2.48. The van der Waals surface area contributed by atoms with E-state index in [2.05, 4.69) is 0 Å². The van der Waals surface area contributed by atoms with Crippen LogP contribution in [0.2, 0.25) is 0 Å². The van der Waals surface area contributed by atoms with Crippen LogP contribution in [-0.4, -0.2) is 11.6 Å². The first kappa shape index (κ1) is 10.1. The van der Waals surface area contributed by atoms with Crippen LogP contribution in [-0.2, 0) is 16.0 Å². The molecule has 15 heavy (non-hydrogen) atoms. The van der Waals surface area contributed by atoms with Crippen LogP contribution in [0, 0.1) is 5.41 Å². The molecule has 0 bridgehead atoms. The minimum atomic E-state index is -0.763. The number of carbonyl (C=O) groups is 2. The van der Waals surface area contributed by atoms with Crippen LogP contribution in [0.15, 0.2) is 30.3 Å². The molecule has 0 saturated heterocycles. The predicted octanol–water partition coefficient (Wildman–Crippen LogP) is 2.17. The van der Waals surface area contributed by atoms with Crippen LogP contribution in [0.5, 0.6) is 0 Å². The summed E-state index contributed by atoms with van der Waals surface area (Å²) in [7, 11) is 0. The van der Waals surface area contributed by atoms with Crippen molar-refractivity contribution in [2.45, 2.75) is 26.2 Å². The van der Waals surface area contributed by atoms with Crippen molar-refractivity contribution >= 4 is 11.6 Å². The van der Waals surface area contributed by atoms with E-state index >= 15 is 0 Å². The number of hydrogen-bond acceptors (Lipinski definition) is 2. The maximum Gasteiger partial charge on any atom is 0.146 e. The van der Waals surface area contributed by atoms with Gasteiger partial charge in [0.15, 0.2) is 0 Å². The number of rotatable bonds is 2. The molecular weight excluding hydrogens is 188 g/mol. The Bertz CT molecular complexity index is 376. The molecule has 78 valence electrons. The van der Waals surface area contributed by atoms with Crippen molar-refractivity contribution in [1.29, 1.82) is 0 Å². The number of benzene rings is 1. The fourth-order valence-electron chi connectivity index (χ4n) is 2.14. The maximum atomic E-state index is 11.7. The molecule has 0 aliphatic heterocycles. The monoisotopic (exact) mass is 202 g/mol. The summed E-state index contributed by atoms with van der Waals surface area (Å²) in [6.07, 6.45) is 1.38. The number of carbonyl (C=O) groups excluding carboxylic acids is 2. The van der Waals surface area contributed by atoms with Gasteiger partial charge in [-0.15, -0.1) is 0 Å². The summed E-state index contributed by atoms with van der Waals surface area (Å²) >= 11 is 0. The summed E-state index contributed by atoms with van der Waals surface area (Å²) in [5, 5.41) is 0. The molecule has 0 atom stereocenters. The third-order valence-corrected chi connectivity index (χ3v) is 3.21. The normalized spacial score (nSPS) is 19.5. The Morgan fingerprint density at radius 1 is 1.07 bits per heavy atom. The minimum absolute atomic E-state index is 0.0938. The third kappa shape index (κ3) is 1.72. The molecule has 2 rings (SSSR count). The standard InChI is InChI=1S/C13H14O2/c1-13(11(14)7-8-12(13)15)9-10-5-3-2-4-6-10/h2-6H,7-9H2,1H3. The highest BCUT2D eigenvalue weighted by Gasteiger charge is 2.44. The Kier molecular flexibility index (Phi) is 2.43. The molecule has 0 amide bonds. The number of ketones is 2. The van der Waals surface area contributed by atoms with E-state index in [1.54, 1.807) is 6.92 Å². The van der Waals surface area contributed by atoms with Crippen LogP contribution < -0.4 is 0 Å². The van der Waals surface area contributed by atoms with Crippen molar-refractivity contribution in [1.82, 2.24) is 0 Å². The van der Waals surface area contributed by atoms with Gasteiger partial charge in [-0.25, -0.2) is 0 Å². The Labute approximate surface area is 89.3 Å². The fraction of sp³-hybridized carbons (Fsp3) is 0.385. The summed E-state index contributed by atoms with van der Waals surface area (Å²) in [6, 6.07) is 9.73. The molecule has 2 nitrogen and oxygen atoms in total. The van der Waals surface area contributed by atoms with Crippen molar-refractivity contribution in [3.63, 3.8) is 0 Å². The highest BCUT2D eigenvalue weighted by Crippen LogP contribution is 2.34. The maximum absolute atomic E-state index is 11.7. The van der Waals surface area contributed by atoms with E-state index in [1.165, 1.54) is 0 Å². The highest BCUT2D eigenvalue weighted by molar-refractivity contribution is 6.12. The second-order valence-corrected chi connectivity index (χ2v) is 4.34. The van der Waals surface area contributed by atoms with E-state index < -0.39 is 5.41 Å². The second kappa shape index (κ2) is 3.61. The molecule has 0 unspecified atom stereocenters. The van der Waals surface area contributed by atoms with Crippen LogP contribution in [0.3, 0.4) is 0 Å². The molecule has 1 aliphatic rings. The quantitative estimate of drug-likeness (QED) is 0.689. The smallest absolute Gasteiger partial charge is 0.146 e. The average molecular weight is 202 g/mol. The lowest BCUT2D eigenvalue weighted by Gasteiger charge is -2.19. The van der Waals surface area contributed by atoms with Crippen LogP contribution >= 0.6 is 0 Å². The topological polar surface area (TPSA) is 34.1 Å². The second-order valence-electron chi connectivity index (χ2n) is 4.34. The van der Waals surface area contributed by atoms with Crippen molar-refractivity contribution in [2.24, 2.45) is 5.41 Å². The first-order valence-corrected chi connectivity index (χ1v) is 5.23. The van der Waals surface area contributed by atoms with Crippen LogP contribution in [0.4, 0.5) is 0 Å². The fourth-order valence-corrected chi connectivity index (χ4v) is 2.14. The van der Waals surface area contributed by atoms with Gasteiger partial charge in [0.25, 0.3) is 0 Å². The summed E-state index contributed by atoms with van der Waals surface area (Å²) < 4.78 is 0. The molecule has 0 heterocycles. The molecular formula is C13H14O2. The van der Waals surface area contributed by atoms with Gasteiger partial charge in [-0.1, -0.05) is 30.3 Å². The summed E-state index contributed by atoms with van der Waals surface area (Å²) in [4.78, 5) is 23.4. The van der Waals surface area contributed by atoms with E-state index in [9.17, 15) is 9.59 Å². The van der Waals surface area contributed by atoms with Gasteiger partial charge in [0.1, 0.15) is 11.6 Å². The summed E-state index contributed by atoms with van der Waals surface area (Å²) in [5.41, 5.74) is 0.296. The van der Waals surface area contributed by atoms with Gasteiger partial charge in [-0.3, -0.25) is 9.59 Å². The molecule has 0 N–H and O–H groups in total. The zero-order chi connectivity index (χ0) is 10.9. The lowest BCUT2D eigenvalue weighted by Crippen LogP contribution is -2.31. The van der Waals surface area contributed by atoms with Gasteiger partial charge in [-0.2, -0.15) is 0 Å². The van der Waals surface area contributed by atoms with Crippen molar-refractivity contribution < 1.29 is 9.59 Å². The van der Waals surface area contributed by atoms with Crippen molar-refractivity contribution in [3.8, 4) is 0 Å². The zero-order valence-corrected chi connectivity index (χ0v) is 8.82. The molecule has 0 spiro atoms. The van der Waals surface area contributed by atoms with Gasteiger partial charge in [0.05, 0.1) is 5.41 Å². The van der Waals surface area contributed by atoms with Crippen LogP contribution in [0.1, 0.15) is 25.3 Å². The molecule has 1 aromatic carbocycles. The predicted molar refractivity (Wildman–Crippen MR) is 57.5 cm³/mol. The molecule has 2 heteroatoms. The van der Waals surface area contributed by atoms with Gasteiger partial charge < -0.3 is 0 Å². The molecule has 1 fully saturated rings. The van der Waals surface area contributed by atoms with E-state index in [4.69, 9.17) is 0 Å².